The number of ketones is 1. The van der Waals surface area contributed by atoms with Crippen LogP contribution < -0.4 is 5.32 Å². The molecular formula is C18H21ClN2O6. The molecule has 0 bridgehead atoms. The van der Waals surface area contributed by atoms with Gasteiger partial charge in [0.25, 0.3) is 5.91 Å². The minimum Gasteiger partial charge on any atom is -0.453 e. The summed E-state index contributed by atoms with van der Waals surface area (Å²) in [6.07, 6.45) is -1.17. The number of carbonyl (C=O) groups is 3. The summed E-state index contributed by atoms with van der Waals surface area (Å²) >= 11 is 5.96. The predicted molar refractivity (Wildman–Crippen MR) is 97.9 cm³/mol. The monoisotopic (exact) mass is 396 g/mol. The highest BCUT2D eigenvalue weighted by Gasteiger charge is 2.44. The van der Waals surface area contributed by atoms with Crippen molar-refractivity contribution in [2.45, 2.75) is 32.8 Å². The minimum atomic E-state index is -1.10. The lowest BCUT2D eigenvalue weighted by molar-refractivity contribution is -0.490. The third-order valence-corrected chi connectivity index (χ3v) is 5.07. The highest BCUT2D eigenvalue weighted by Crippen LogP contribution is 2.36. The van der Waals surface area contributed by atoms with E-state index in [-0.39, 0.29) is 31.1 Å². The number of carbonyl (C=O) groups excluding carboxylic acids is 3. The van der Waals surface area contributed by atoms with E-state index in [2.05, 4.69) is 5.32 Å². The molecule has 27 heavy (non-hydrogen) atoms. The van der Waals surface area contributed by atoms with E-state index in [4.69, 9.17) is 16.3 Å². The second-order valence-electron chi connectivity index (χ2n) is 6.74. The van der Waals surface area contributed by atoms with Gasteiger partial charge in [-0.15, -0.1) is 0 Å². The van der Waals surface area contributed by atoms with Gasteiger partial charge in [-0.2, -0.15) is 0 Å². The molecule has 8 nitrogen and oxygen atoms in total. The Kier molecular flexibility index (Phi) is 6.90. The molecule has 2 rings (SSSR count). The lowest BCUT2D eigenvalue weighted by Crippen LogP contribution is -2.32. The van der Waals surface area contributed by atoms with Crippen LogP contribution in [0.1, 0.15) is 26.7 Å². The molecule has 0 aromatic heterocycles. The lowest BCUT2D eigenvalue weighted by atomic mass is 9.88. The van der Waals surface area contributed by atoms with Crippen LogP contribution in [0, 0.1) is 27.9 Å². The van der Waals surface area contributed by atoms with Crippen LogP contribution in [0.15, 0.2) is 24.3 Å². The maximum atomic E-state index is 12.2. The van der Waals surface area contributed by atoms with Gasteiger partial charge in [0.1, 0.15) is 5.78 Å². The van der Waals surface area contributed by atoms with Crippen LogP contribution in [-0.2, 0) is 19.1 Å². The molecule has 146 valence electrons. The number of Topliss-reactive ketones (excluding diaryl/α,β-unsaturated/α-hetero) is 1. The summed E-state index contributed by atoms with van der Waals surface area (Å²) in [5.74, 6) is -2.91. The maximum absolute atomic E-state index is 12.2. The molecule has 9 heteroatoms. The highest BCUT2D eigenvalue weighted by atomic mass is 35.5. The number of benzene rings is 1. The number of amides is 1. The Morgan fingerprint density at radius 1 is 1.41 bits per heavy atom. The van der Waals surface area contributed by atoms with Gasteiger partial charge in [-0.25, -0.2) is 0 Å². The maximum Gasteiger partial charge on any atom is 0.307 e. The van der Waals surface area contributed by atoms with E-state index in [9.17, 15) is 24.5 Å². The molecular weight excluding hydrogens is 376 g/mol. The first-order valence-corrected chi connectivity index (χ1v) is 8.96. The van der Waals surface area contributed by atoms with Crippen molar-refractivity contribution in [3.05, 3.63) is 39.4 Å². The van der Waals surface area contributed by atoms with Crippen molar-refractivity contribution in [3.8, 4) is 0 Å². The summed E-state index contributed by atoms with van der Waals surface area (Å²) in [5.41, 5.74) is 0.387. The molecule has 1 N–H and O–H groups in total. The first-order valence-electron chi connectivity index (χ1n) is 8.58. The van der Waals surface area contributed by atoms with E-state index < -0.39 is 34.7 Å². The number of hydrogen-bond acceptors (Lipinski definition) is 6. The van der Waals surface area contributed by atoms with Gasteiger partial charge in [0.05, 0.1) is 17.1 Å². The van der Waals surface area contributed by atoms with Gasteiger partial charge in [-0.1, -0.05) is 30.7 Å². The van der Waals surface area contributed by atoms with E-state index in [0.717, 1.165) is 0 Å². The van der Waals surface area contributed by atoms with Gasteiger partial charge in [-0.05, 0) is 25.0 Å². The molecule has 1 aliphatic rings. The van der Waals surface area contributed by atoms with E-state index in [0.29, 0.717) is 10.7 Å². The number of anilines is 1. The smallest absolute Gasteiger partial charge is 0.307 e. The summed E-state index contributed by atoms with van der Waals surface area (Å²) in [6.45, 7) is 2.79. The number of nitro groups is 1. The van der Waals surface area contributed by atoms with Crippen molar-refractivity contribution in [2.24, 2.45) is 17.8 Å². The van der Waals surface area contributed by atoms with E-state index in [1.54, 1.807) is 31.2 Å². The van der Waals surface area contributed by atoms with Crippen LogP contribution in [0.3, 0.4) is 0 Å². The Balaban J connectivity index is 1.93. The zero-order valence-electron chi connectivity index (χ0n) is 15.0. The first-order chi connectivity index (χ1) is 12.7. The Hall–Kier alpha value is -2.48. The summed E-state index contributed by atoms with van der Waals surface area (Å²) in [7, 11) is 0. The number of hydrogen-bond donors (Lipinski definition) is 1. The SMILES string of the molecule is C[C@H](OC(=O)C[C@H]1C(=O)C[C@H](C)[C@H]1C[N+](=O)[O-])C(=O)Nc1ccccc1Cl. The Morgan fingerprint density at radius 3 is 2.70 bits per heavy atom. The molecule has 1 aromatic rings. The van der Waals surface area contributed by atoms with Crippen molar-refractivity contribution in [1.29, 1.82) is 0 Å². The fourth-order valence-electron chi connectivity index (χ4n) is 3.28. The number of nitrogens with zero attached hydrogens (tertiary/aromatic N) is 1. The van der Waals surface area contributed by atoms with E-state index in [1.165, 1.54) is 6.92 Å². The van der Waals surface area contributed by atoms with E-state index in [1.807, 2.05) is 0 Å². The van der Waals surface area contributed by atoms with Crippen molar-refractivity contribution in [3.63, 3.8) is 0 Å². The topological polar surface area (TPSA) is 116 Å². The van der Waals surface area contributed by atoms with E-state index >= 15 is 0 Å². The number of para-hydroxylation sites is 1. The largest absolute Gasteiger partial charge is 0.453 e. The second-order valence-corrected chi connectivity index (χ2v) is 7.15. The normalized spacial score (nSPS) is 22.9. The predicted octanol–water partition coefficient (Wildman–Crippen LogP) is 2.72. The van der Waals surface area contributed by atoms with Crippen LogP contribution >= 0.6 is 11.6 Å². The van der Waals surface area contributed by atoms with Gasteiger partial charge >= 0.3 is 5.97 Å². The van der Waals surface area contributed by atoms with Crippen molar-refractivity contribution in [2.75, 3.05) is 11.9 Å². The molecule has 0 unspecified atom stereocenters. The van der Waals surface area contributed by atoms with Crippen LogP contribution in [0.2, 0.25) is 5.02 Å². The highest BCUT2D eigenvalue weighted by molar-refractivity contribution is 6.33. The van der Waals surface area contributed by atoms with Crippen molar-refractivity contribution < 1.29 is 24.0 Å². The molecule has 4 atom stereocenters. The first kappa shape index (κ1) is 20.8. The summed E-state index contributed by atoms with van der Waals surface area (Å²) < 4.78 is 5.11. The summed E-state index contributed by atoms with van der Waals surface area (Å²) in [4.78, 5) is 46.8. The fraction of sp³-hybridized carbons (Fsp3) is 0.500. The number of nitrogens with one attached hydrogen (secondary N) is 1. The lowest BCUT2D eigenvalue weighted by Gasteiger charge is -2.19. The zero-order chi connectivity index (χ0) is 20.1. The molecule has 0 saturated heterocycles. The number of esters is 1. The number of rotatable bonds is 7. The van der Waals surface area contributed by atoms with Gasteiger partial charge in [0, 0.05) is 23.2 Å². The zero-order valence-corrected chi connectivity index (χ0v) is 15.8. The Bertz CT molecular complexity index is 753. The Labute approximate surface area is 161 Å². The summed E-state index contributed by atoms with van der Waals surface area (Å²) in [6, 6.07) is 6.62. The molecule has 1 aromatic carbocycles. The van der Waals surface area contributed by atoms with Crippen LogP contribution in [0.5, 0.6) is 0 Å². The standard InChI is InChI=1S/C18H21ClN2O6/c1-10-7-16(22)12(13(10)9-21(25)26)8-17(23)27-11(2)18(24)20-15-6-4-3-5-14(15)19/h3-6,10-13H,7-9H2,1-2H3,(H,20,24)/t10-,11-,12+,13+/m0/s1. The van der Waals surface area contributed by atoms with Gasteiger partial charge in [0.15, 0.2) is 6.10 Å². The number of ether oxygens (including phenoxy) is 1. The molecule has 1 fully saturated rings. The van der Waals surface area contributed by atoms with Crippen molar-refractivity contribution in [1.82, 2.24) is 0 Å². The summed E-state index contributed by atoms with van der Waals surface area (Å²) in [5, 5.41) is 13.7. The molecule has 1 amide bonds. The average molecular weight is 397 g/mol. The molecule has 0 aliphatic heterocycles. The minimum absolute atomic E-state index is 0.165. The third kappa shape index (κ3) is 5.50. The third-order valence-electron chi connectivity index (χ3n) is 4.74. The molecule has 0 heterocycles. The Morgan fingerprint density at radius 2 is 2.07 bits per heavy atom. The van der Waals surface area contributed by atoms with Crippen LogP contribution in [-0.4, -0.2) is 35.2 Å². The molecule has 1 aliphatic carbocycles. The van der Waals surface area contributed by atoms with Crippen LogP contribution in [0.4, 0.5) is 5.69 Å². The quantitative estimate of drug-likeness (QED) is 0.430. The fourth-order valence-corrected chi connectivity index (χ4v) is 3.46. The molecule has 0 spiro atoms. The van der Waals surface area contributed by atoms with Gasteiger partial charge in [-0.3, -0.25) is 24.5 Å². The molecule has 0 radical (unpaired) electrons. The van der Waals surface area contributed by atoms with Crippen molar-refractivity contribution >= 4 is 34.9 Å². The van der Waals surface area contributed by atoms with Gasteiger partial charge < -0.3 is 10.1 Å². The average Bonchev–Trinajstić information content (AvgIpc) is 2.83. The second kappa shape index (κ2) is 8.94. The van der Waals surface area contributed by atoms with Gasteiger partial charge in [0.2, 0.25) is 6.54 Å². The number of halogens is 1. The molecule has 1 saturated carbocycles. The van der Waals surface area contributed by atoms with Crippen LogP contribution in [0.25, 0.3) is 0 Å².